The first-order chi connectivity index (χ1) is 14.9. The lowest BCUT2D eigenvalue weighted by Crippen LogP contribution is -2.40. The Morgan fingerprint density at radius 3 is 1.84 bits per heavy atom. The number of carbonyl (C=O) groups excluding carboxylic acids is 1. The minimum absolute atomic E-state index is 0.173. The molecule has 0 heterocycles. The molecule has 1 amide bonds. The average Bonchev–Trinajstić information content (AvgIpc) is 2.75. The number of amides is 1. The minimum Gasteiger partial charge on any atom is -0.444 e. The van der Waals surface area contributed by atoms with Crippen LogP contribution in [0.1, 0.15) is 70.9 Å². The number of unbranched alkanes of at least 4 members (excludes halogenated alkanes) is 2. The number of benzene rings is 2. The summed E-state index contributed by atoms with van der Waals surface area (Å²) in [5.74, 6) is 0.439. The molecule has 0 atom stereocenters. The van der Waals surface area contributed by atoms with Gasteiger partial charge in [-0.2, -0.15) is 0 Å². The van der Waals surface area contributed by atoms with Crippen LogP contribution in [0.5, 0.6) is 0 Å². The second kappa shape index (κ2) is 13.2. The van der Waals surface area contributed by atoms with Crippen molar-refractivity contribution in [1.82, 2.24) is 4.90 Å². The molecule has 0 aliphatic carbocycles. The molecule has 2 aromatic rings. The largest absolute Gasteiger partial charge is 0.444 e. The van der Waals surface area contributed by atoms with Gasteiger partial charge >= 0.3 is 6.09 Å². The molecule has 0 saturated carbocycles. The Balaban J connectivity index is 2.07. The summed E-state index contributed by atoms with van der Waals surface area (Å²) in [4.78, 5) is 14.9. The third-order valence-electron chi connectivity index (χ3n) is 5.53. The Bertz CT molecular complexity index is 693. The second-order valence-electron chi connectivity index (χ2n) is 9.55. The van der Waals surface area contributed by atoms with E-state index in [-0.39, 0.29) is 6.09 Å². The molecular weight excluding hydrogens is 382 g/mol. The van der Waals surface area contributed by atoms with Crippen LogP contribution in [0.2, 0.25) is 0 Å². The molecule has 0 unspecified atom stereocenters. The lowest BCUT2D eigenvalue weighted by Gasteiger charge is -2.30. The van der Waals surface area contributed by atoms with Crippen molar-refractivity contribution in [3.8, 4) is 0 Å². The van der Waals surface area contributed by atoms with Gasteiger partial charge in [0.1, 0.15) is 5.60 Å². The van der Waals surface area contributed by atoms with E-state index in [0.29, 0.717) is 5.92 Å². The van der Waals surface area contributed by atoms with Crippen LogP contribution in [0, 0.1) is 5.92 Å². The smallest absolute Gasteiger partial charge is 0.410 e. The van der Waals surface area contributed by atoms with E-state index in [9.17, 15) is 4.79 Å². The van der Waals surface area contributed by atoms with Crippen molar-refractivity contribution in [2.45, 2.75) is 78.2 Å². The zero-order valence-electron chi connectivity index (χ0n) is 20.0. The Morgan fingerprint density at radius 2 is 1.39 bits per heavy atom. The Labute approximate surface area is 189 Å². The molecule has 0 spiro atoms. The highest BCUT2D eigenvalue weighted by atomic mass is 16.6. The van der Waals surface area contributed by atoms with Gasteiger partial charge in [0.2, 0.25) is 0 Å². The molecule has 0 aliphatic heterocycles. The fourth-order valence-electron chi connectivity index (χ4n) is 3.81. The van der Waals surface area contributed by atoms with Gasteiger partial charge in [-0.05, 0) is 69.9 Å². The van der Waals surface area contributed by atoms with Gasteiger partial charge in [-0.3, -0.25) is 0 Å². The summed E-state index contributed by atoms with van der Waals surface area (Å²) < 4.78 is 5.74. The monoisotopic (exact) mass is 423 g/mol. The van der Waals surface area contributed by atoms with E-state index in [1.807, 2.05) is 25.7 Å². The number of ether oxygens (including phenoxy) is 1. The van der Waals surface area contributed by atoms with Crippen LogP contribution < -0.4 is 0 Å². The summed E-state index contributed by atoms with van der Waals surface area (Å²) in [6.45, 7) is 9.56. The van der Waals surface area contributed by atoms with Gasteiger partial charge in [-0.15, -0.1) is 0 Å². The number of rotatable bonds is 12. The van der Waals surface area contributed by atoms with Crippen molar-refractivity contribution in [3.05, 3.63) is 71.8 Å². The van der Waals surface area contributed by atoms with Crippen molar-refractivity contribution >= 4 is 6.09 Å². The molecule has 0 radical (unpaired) electrons. The molecule has 0 bridgehead atoms. The summed E-state index contributed by atoms with van der Waals surface area (Å²) in [5, 5.41) is 0. The maximum Gasteiger partial charge on any atom is 0.410 e. The molecule has 0 fully saturated rings. The SMILES string of the molecule is CCCCCN(CC(CCc1ccccc1)CCc1ccccc1)C(=O)OC(C)(C)C. The van der Waals surface area contributed by atoms with Gasteiger partial charge in [0, 0.05) is 13.1 Å². The van der Waals surface area contributed by atoms with Crippen LogP contribution in [0.15, 0.2) is 60.7 Å². The lowest BCUT2D eigenvalue weighted by molar-refractivity contribution is 0.0211. The van der Waals surface area contributed by atoms with E-state index >= 15 is 0 Å². The maximum atomic E-state index is 12.9. The topological polar surface area (TPSA) is 29.5 Å². The summed E-state index contributed by atoms with van der Waals surface area (Å²) in [6.07, 6.45) is 7.36. The first-order valence-electron chi connectivity index (χ1n) is 11.9. The van der Waals surface area contributed by atoms with Crippen LogP contribution in [0.3, 0.4) is 0 Å². The van der Waals surface area contributed by atoms with Gasteiger partial charge in [0.15, 0.2) is 0 Å². The van der Waals surface area contributed by atoms with E-state index < -0.39 is 5.60 Å². The number of carbonyl (C=O) groups is 1. The predicted molar refractivity (Wildman–Crippen MR) is 130 cm³/mol. The number of nitrogens with zero attached hydrogens (tertiary/aromatic N) is 1. The fourth-order valence-corrected chi connectivity index (χ4v) is 3.81. The zero-order chi connectivity index (χ0) is 22.5. The molecule has 0 N–H and O–H groups in total. The van der Waals surface area contributed by atoms with E-state index in [1.54, 1.807) is 0 Å². The molecular formula is C28H41NO2. The van der Waals surface area contributed by atoms with Crippen LogP contribution >= 0.6 is 0 Å². The number of hydrogen-bond donors (Lipinski definition) is 0. The van der Waals surface area contributed by atoms with Gasteiger partial charge in [-0.25, -0.2) is 4.79 Å². The fraction of sp³-hybridized carbons (Fsp3) is 0.536. The quantitative estimate of drug-likeness (QED) is 0.335. The molecule has 0 aliphatic rings. The zero-order valence-corrected chi connectivity index (χ0v) is 20.0. The molecule has 3 heteroatoms. The molecule has 0 aromatic heterocycles. The molecule has 0 saturated heterocycles. The Morgan fingerprint density at radius 1 is 0.871 bits per heavy atom. The average molecular weight is 424 g/mol. The highest BCUT2D eigenvalue weighted by Crippen LogP contribution is 2.20. The predicted octanol–water partition coefficient (Wildman–Crippen LogP) is 7.30. The molecule has 2 aromatic carbocycles. The molecule has 2 rings (SSSR count). The van der Waals surface area contributed by atoms with Crippen molar-refractivity contribution in [3.63, 3.8) is 0 Å². The van der Waals surface area contributed by atoms with Crippen molar-refractivity contribution in [2.75, 3.05) is 13.1 Å². The highest BCUT2D eigenvalue weighted by molar-refractivity contribution is 5.68. The summed E-state index contributed by atoms with van der Waals surface area (Å²) in [7, 11) is 0. The second-order valence-corrected chi connectivity index (χ2v) is 9.55. The number of hydrogen-bond acceptors (Lipinski definition) is 2. The maximum absolute atomic E-state index is 12.9. The van der Waals surface area contributed by atoms with Crippen molar-refractivity contribution in [1.29, 1.82) is 0 Å². The molecule has 31 heavy (non-hydrogen) atoms. The molecule has 3 nitrogen and oxygen atoms in total. The van der Waals surface area contributed by atoms with Crippen LogP contribution in [0.25, 0.3) is 0 Å². The highest BCUT2D eigenvalue weighted by Gasteiger charge is 2.24. The third-order valence-corrected chi connectivity index (χ3v) is 5.53. The van der Waals surface area contributed by atoms with E-state index in [1.165, 1.54) is 11.1 Å². The Kier molecular flexibility index (Phi) is 10.6. The summed E-state index contributed by atoms with van der Waals surface area (Å²) >= 11 is 0. The standard InChI is InChI=1S/C28H41NO2/c1-5-6-13-22-29(27(30)31-28(2,3)4)23-26(20-18-24-14-9-7-10-15-24)21-19-25-16-11-8-12-17-25/h7-12,14-17,26H,5-6,13,18-23H2,1-4H3. The van der Waals surface area contributed by atoms with Gasteiger partial charge in [-0.1, -0.05) is 80.4 Å². The van der Waals surface area contributed by atoms with E-state index in [0.717, 1.165) is 58.0 Å². The van der Waals surface area contributed by atoms with Gasteiger partial charge in [0.05, 0.1) is 0 Å². The number of aryl methyl sites for hydroxylation is 2. The first kappa shape index (κ1) is 25.0. The Hall–Kier alpha value is -2.29. The van der Waals surface area contributed by atoms with Crippen molar-refractivity contribution in [2.24, 2.45) is 5.92 Å². The molecule has 170 valence electrons. The minimum atomic E-state index is -0.469. The summed E-state index contributed by atoms with van der Waals surface area (Å²) in [5.41, 5.74) is 2.26. The van der Waals surface area contributed by atoms with Crippen LogP contribution in [-0.2, 0) is 17.6 Å². The van der Waals surface area contributed by atoms with Crippen LogP contribution in [-0.4, -0.2) is 29.7 Å². The third kappa shape index (κ3) is 10.5. The normalized spacial score (nSPS) is 11.5. The van der Waals surface area contributed by atoms with Gasteiger partial charge in [0.25, 0.3) is 0 Å². The van der Waals surface area contributed by atoms with Crippen LogP contribution in [0.4, 0.5) is 4.79 Å². The lowest BCUT2D eigenvalue weighted by atomic mass is 9.92. The van der Waals surface area contributed by atoms with Crippen molar-refractivity contribution < 1.29 is 9.53 Å². The van der Waals surface area contributed by atoms with Gasteiger partial charge < -0.3 is 9.64 Å². The van der Waals surface area contributed by atoms with E-state index in [4.69, 9.17) is 4.74 Å². The van der Waals surface area contributed by atoms with E-state index in [2.05, 4.69) is 67.6 Å². The summed E-state index contributed by atoms with van der Waals surface area (Å²) in [6, 6.07) is 21.3. The first-order valence-corrected chi connectivity index (χ1v) is 11.9.